The van der Waals surface area contributed by atoms with E-state index in [1.54, 1.807) is 24.3 Å². The smallest absolute Gasteiger partial charge is 0.328 e. The van der Waals surface area contributed by atoms with Crippen molar-refractivity contribution >= 4 is 17.7 Å². The molecular formula is C22H29NO5. The van der Waals surface area contributed by atoms with E-state index in [-0.39, 0.29) is 18.6 Å². The molecule has 1 amide bonds. The molecule has 0 aliphatic rings. The Balaban J connectivity index is 2.59. The van der Waals surface area contributed by atoms with Gasteiger partial charge in [-0.05, 0) is 37.0 Å². The second-order valence-corrected chi connectivity index (χ2v) is 6.34. The fourth-order valence-electron chi connectivity index (χ4n) is 2.57. The number of allylic oxidation sites excluding steroid dienone is 1. The van der Waals surface area contributed by atoms with Gasteiger partial charge in [-0.1, -0.05) is 30.9 Å². The molecule has 0 unspecified atom stereocenters. The highest BCUT2D eigenvalue weighted by atomic mass is 16.5. The zero-order valence-corrected chi connectivity index (χ0v) is 16.4. The van der Waals surface area contributed by atoms with Gasteiger partial charge in [-0.2, -0.15) is 0 Å². The van der Waals surface area contributed by atoms with Crippen molar-refractivity contribution in [2.45, 2.75) is 44.6 Å². The van der Waals surface area contributed by atoms with Gasteiger partial charge in [-0.25, -0.2) is 4.79 Å². The molecule has 1 atom stereocenters. The lowest BCUT2D eigenvalue weighted by molar-refractivity contribution is -0.145. The number of carbonyl (C=O) groups is 3. The molecule has 0 heterocycles. The fraction of sp³-hybridized carbons (Fsp3) is 0.409. The van der Waals surface area contributed by atoms with Crippen LogP contribution in [0, 0.1) is 0 Å². The van der Waals surface area contributed by atoms with E-state index < -0.39 is 17.9 Å². The summed E-state index contributed by atoms with van der Waals surface area (Å²) in [5, 5.41) is 2.60. The number of hydrogen-bond acceptors (Lipinski definition) is 5. The molecule has 1 N–H and O–H groups in total. The van der Waals surface area contributed by atoms with Crippen LogP contribution in [0.15, 0.2) is 49.6 Å². The third-order valence-corrected chi connectivity index (χ3v) is 4.02. The minimum Gasteiger partial charge on any atom is -0.490 e. The Kier molecular flexibility index (Phi) is 11.0. The molecule has 152 valence electrons. The van der Waals surface area contributed by atoms with Crippen LogP contribution in [0.25, 0.3) is 0 Å². The van der Waals surface area contributed by atoms with E-state index in [4.69, 9.17) is 9.47 Å². The Labute approximate surface area is 166 Å². The third-order valence-electron chi connectivity index (χ3n) is 4.02. The summed E-state index contributed by atoms with van der Waals surface area (Å²) >= 11 is 0. The second kappa shape index (κ2) is 13.3. The normalized spacial score (nSPS) is 11.2. The zero-order chi connectivity index (χ0) is 20.8. The Morgan fingerprint density at radius 1 is 1.11 bits per heavy atom. The van der Waals surface area contributed by atoms with Gasteiger partial charge in [-0.3, -0.25) is 9.59 Å². The first-order chi connectivity index (χ1) is 13.5. The molecular weight excluding hydrogens is 358 g/mol. The van der Waals surface area contributed by atoms with Gasteiger partial charge in [0.2, 0.25) is 5.91 Å². The highest BCUT2D eigenvalue weighted by Gasteiger charge is 2.23. The lowest BCUT2D eigenvalue weighted by Gasteiger charge is -2.17. The SMILES string of the molecule is C=CCCCCC(=O)CC(=O)N[C@@H](Cc1ccc(OCC=C)cc1)C(=O)OC. The Hall–Kier alpha value is -2.89. The molecule has 1 aromatic rings. The van der Waals surface area contributed by atoms with E-state index in [9.17, 15) is 14.4 Å². The number of Topliss-reactive ketones (excluding diaryl/α,β-unsaturated/α-hetero) is 1. The first-order valence-electron chi connectivity index (χ1n) is 9.32. The van der Waals surface area contributed by atoms with Crippen LogP contribution in [-0.2, 0) is 25.5 Å². The number of amides is 1. The van der Waals surface area contributed by atoms with Crippen molar-refractivity contribution in [3.63, 3.8) is 0 Å². The van der Waals surface area contributed by atoms with E-state index >= 15 is 0 Å². The predicted molar refractivity (Wildman–Crippen MR) is 108 cm³/mol. The third kappa shape index (κ3) is 9.16. The molecule has 0 radical (unpaired) electrons. The standard InChI is InChI=1S/C22H29NO5/c1-4-6-7-8-9-18(24)16-21(25)23-20(22(26)27-3)15-17-10-12-19(13-11-17)28-14-5-2/h4-5,10-13,20H,1-2,6-9,14-16H2,3H3,(H,23,25)/t20-/m0/s1. The number of esters is 1. The summed E-state index contributed by atoms with van der Waals surface area (Å²) in [5.41, 5.74) is 0.831. The maximum Gasteiger partial charge on any atom is 0.328 e. The monoisotopic (exact) mass is 387 g/mol. The largest absolute Gasteiger partial charge is 0.490 e. The summed E-state index contributed by atoms with van der Waals surface area (Å²) in [6.45, 7) is 7.63. The van der Waals surface area contributed by atoms with Crippen LogP contribution < -0.4 is 10.1 Å². The topological polar surface area (TPSA) is 81.7 Å². The van der Waals surface area contributed by atoms with Crippen molar-refractivity contribution in [3.8, 4) is 5.75 Å². The van der Waals surface area contributed by atoms with Gasteiger partial charge in [0.05, 0.1) is 13.5 Å². The number of ether oxygens (including phenoxy) is 2. The van der Waals surface area contributed by atoms with E-state index in [0.29, 0.717) is 18.8 Å². The number of ketones is 1. The summed E-state index contributed by atoms with van der Waals surface area (Å²) in [7, 11) is 1.26. The fourth-order valence-corrected chi connectivity index (χ4v) is 2.57. The van der Waals surface area contributed by atoms with Crippen LogP contribution in [0.1, 0.15) is 37.7 Å². The van der Waals surface area contributed by atoms with Crippen LogP contribution in [0.4, 0.5) is 0 Å². The molecule has 6 heteroatoms. The van der Waals surface area contributed by atoms with Crippen LogP contribution in [0.2, 0.25) is 0 Å². The molecule has 0 spiro atoms. The minimum absolute atomic E-state index is 0.145. The molecule has 6 nitrogen and oxygen atoms in total. The van der Waals surface area contributed by atoms with E-state index in [1.165, 1.54) is 7.11 Å². The van der Waals surface area contributed by atoms with Gasteiger partial charge >= 0.3 is 5.97 Å². The van der Waals surface area contributed by atoms with Crippen LogP contribution in [0.3, 0.4) is 0 Å². The first-order valence-corrected chi connectivity index (χ1v) is 9.32. The molecule has 0 aliphatic carbocycles. The molecule has 0 bridgehead atoms. The van der Waals surface area contributed by atoms with Gasteiger partial charge in [0.15, 0.2) is 0 Å². The lowest BCUT2D eigenvalue weighted by Crippen LogP contribution is -2.43. The van der Waals surface area contributed by atoms with Crippen LogP contribution >= 0.6 is 0 Å². The average molecular weight is 387 g/mol. The molecule has 0 fully saturated rings. The molecule has 0 saturated carbocycles. The molecule has 0 saturated heterocycles. The minimum atomic E-state index is -0.856. The average Bonchev–Trinajstić information content (AvgIpc) is 2.69. The van der Waals surface area contributed by atoms with Crippen molar-refractivity contribution < 1.29 is 23.9 Å². The van der Waals surface area contributed by atoms with E-state index in [1.807, 2.05) is 12.1 Å². The number of methoxy groups -OCH3 is 1. The predicted octanol–water partition coefficient (Wildman–Crippen LogP) is 3.16. The van der Waals surface area contributed by atoms with Crippen molar-refractivity contribution in [1.82, 2.24) is 5.32 Å². The molecule has 1 rings (SSSR count). The van der Waals surface area contributed by atoms with E-state index in [2.05, 4.69) is 18.5 Å². The number of rotatable bonds is 14. The summed E-state index contributed by atoms with van der Waals surface area (Å²) < 4.78 is 10.2. The van der Waals surface area contributed by atoms with Gasteiger partial charge in [0, 0.05) is 12.8 Å². The Bertz CT molecular complexity index is 666. The lowest BCUT2D eigenvalue weighted by atomic mass is 10.0. The molecule has 1 aromatic carbocycles. The quantitative estimate of drug-likeness (QED) is 0.229. The van der Waals surface area contributed by atoms with Crippen LogP contribution in [-0.4, -0.2) is 37.4 Å². The number of carbonyl (C=O) groups excluding carboxylic acids is 3. The highest BCUT2D eigenvalue weighted by molar-refractivity contribution is 5.99. The number of benzene rings is 1. The van der Waals surface area contributed by atoms with Crippen molar-refractivity contribution in [2.24, 2.45) is 0 Å². The number of hydrogen-bond donors (Lipinski definition) is 1. The van der Waals surface area contributed by atoms with Crippen molar-refractivity contribution in [1.29, 1.82) is 0 Å². The second-order valence-electron chi connectivity index (χ2n) is 6.34. The summed E-state index contributed by atoms with van der Waals surface area (Å²) in [5.74, 6) is -0.493. The van der Waals surface area contributed by atoms with Crippen molar-refractivity contribution in [2.75, 3.05) is 13.7 Å². The Morgan fingerprint density at radius 2 is 1.82 bits per heavy atom. The van der Waals surface area contributed by atoms with Gasteiger partial charge in [-0.15, -0.1) is 6.58 Å². The number of nitrogens with one attached hydrogen (secondary N) is 1. The highest BCUT2D eigenvalue weighted by Crippen LogP contribution is 2.14. The summed E-state index contributed by atoms with van der Waals surface area (Å²) in [6.07, 6.45) is 6.25. The maximum atomic E-state index is 12.2. The molecule has 28 heavy (non-hydrogen) atoms. The first kappa shape index (κ1) is 23.1. The van der Waals surface area contributed by atoms with Crippen molar-refractivity contribution in [3.05, 3.63) is 55.1 Å². The maximum absolute atomic E-state index is 12.2. The summed E-state index contributed by atoms with van der Waals surface area (Å²) in [4.78, 5) is 36.1. The van der Waals surface area contributed by atoms with E-state index in [0.717, 1.165) is 24.8 Å². The Morgan fingerprint density at radius 3 is 2.43 bits per heavy atom. The van der Waals surface area contributed by atoms with Gasteiger partial charge in [0.1, 0.15) is 24.2 Å². The molecule has 0 aromatic heterocycles. The summed E-state index contributed by atoms with van der Waals surface area (Å²) in [6, 6.07) is 6.33. The van der Waals surface area contributed by atoms with Gasteiger partial charge < -0.3 is 14.8 Å². The van der Waals surface area contributed by atoms with Crippen LogP contribution in [0.5, 0.6) is 5.75 Å². The zero-order valence-electron chi connectivity index (χ0n) is 16.4. The molecule has 0 aliphatic heterocycles. The number of unbranched alkanes of at least 4 members (excludes halogenated alkanes) is 2. The van der Waals surface area contributed by atoms with Gasteiger partial charge in [0.25, 0.3) is 0 Å².